The summed E-state index contributed by atoms with van der Waals surface area (Å²) in [6.07, 6.45) is 0. The van der Waals surface area contributed by atoms with E-state index in [0.29, 0.717) is 5.69 Å². The third-order valence-corrected chi connectivity index (χ3v) is 3.46. The minimum atomic E-state index is -0.933. The van der Waals surface area contributed by atoms with Crippen LogP contribution >= 0.6 is 0 Å². The highest BCUT2D eigenvalue weighted by Gasteiger charge is 2.11. The normalized spacial score (nSPS) is 10.5. The van der Waals surface area contributed by atoms with E-state index >= 15 is 0 Å². The first-order valence-electron chi connectivity index (χ1n) is 6.74. The molecule has 0 radical (unpaired) electrons. The first-order chi connectivity index (χ1) is 10.1. The number of anilines is 2. The van der Waals surface area contributed by atoms with Crippen LogP contribution in [0.4, 0.5) is 11.4 Å². The number of hydrogen-bond donors (Lipinski definition) is 2. The van der Waals surface area contributed by atoms with Crippen molar-refractivity contribution in [2.45, 2.75) is 6.92 Å². The number of aryl methyl sites for hydroxylation is 1. The maximum absolute atomic E-state index is 11.3. The first kappa shape index (κ1) is 13.2. The minimum Gasteiger partial charge on any atom is -0.478 e. The zero-order chi connectivity index (χ0) is 14.8. The highest BCUT2D eigenvalue weighted by Crippen LogP contribution is 2.28. The van der Waals surface area contributed by atoms with Crippen LogP contribution in [0.15, 0.2) is 60.7 Å². The number of carboxylic acid groups (broad SMARTS) is 1. The highest BCUT2D eigenvalue weighted by atomic mass is 16.4. The number of nitrogens with one attached hydrogen (secondary N) is 1. The van der Waals surface area contributed by atoms with E-state index < -0.39 is 5.97 Å². The molecule has 0 fully saturated rings. The largest absolute Gasteiger partial charge is 0.478 e. The fourth-order valence-corrected chi connectivity index (χ4v) is 2.43. The molecular formula is C18H15NO2. The van der Waals surface area contributed by atoms with Crippen LogP contribution < -0.4 is 5.32 Å². The Bertz CT molecular complexity index is 819. The van der Waals surface area contributed by atoms with E-state index in [1.54, 1.807) is 12.1 Å². The summed E-state index contributed by atoms with van der Waals surface area (Å²) in [6, 6.07) is 19.3. The van der Waals surface area contributed by atoms with Gasteiger partial charge in [0.25, 0.3) is 0 Å². The Morgan fingerprint density at radius 1 is 0.952 bits per heavy atom. The maximum atomic E-state index is 11.3. The summed E-state index contributed by atoms with van der Waals surface area (Å²) < 4.78 is 0. The fourth-order valence-electron chi connectivity index (χ4n) is 2.43. The van der Waals surface area contributed by atoms with Crippen molar-refractivity contribution >= 4 is 28.1 Å². The van der Waals surface area contributed by atoms with Crippen molar-refractivity contribution in [2.24, 2.45) is 0 Å². The van der Waals surface area contributed by atoms with Crippen molar-refractivity contribution in [1.29, 1.82) is 0 Å². The SMILES string of the molecule is Cc1ccc(C(=O)O)c(Nc2cccc3ccccc23)c1. The zero-order valence-corrected chi connectivity index (χ0v) is 11.6. The van der Waals surface area contributed by atoms with E-state index in [9.17, 15) is 9.90 Å². The molecule has 0 aromatic heterocycles. The second-order valence-corrected chi connectivity index (χ2v) is 5.01. The lowest BCUT2D eigenvalue weighted by molar-refractivity contribution is 0.0698. The number of aromatic carboxylic acids is 1. The van der Waals surface area contributed by atoms with Gasteiger partial charge in [-0.05, 0) is 36.1 Å². The van der Waals surface area contributed by atoms with E-state index in [1.165, 1.54) is 0 Å². The molecule has 0 saturated heterocycles. The molecule has 3 rings (SSSR count). The van der Waals surface area contributed by atoms with E-state index in [4.69, 9.17) is 0 Å². The molecule has 0 bridgehead atoms. The van der Waals surface area contributed by atoms with Crippen LogP contribution in [0, 0.1) is 6.92 Å². The lowest BCUT2D eigenvalue weighted by Crippen LogP contribution is -2.03. The minimum absolute atomic E-state index is 0.272. The fraction of sp³-hybridized carbons (Fsp3) is 0.0556. The standard InChI is InChI=1S/C18H15NO2/c1-12-9-10-15(18(20)21)17(11-12)19-16-8-4-6-13-5-2-3-7-14(13)16/h2-11,19H,1H3,(H,20,21). The van der Waals surface area contributed by atoms with Crippen molar-refractivity contribution < 1.29 is 9.90 Å². The van der Waals surface area contributed by atoms with Gasteiger partial charge in [0.1, 0.15) is 0 Å². The Hall–Kier alpha value is -2.81. The molecule has 0 amide bonds. The first-order valence-corrected chi connectivity index (χ1v) is 6.74. The summed E-state index contributed by atoms with van der Waals surface area (Å²) in [4.78, 5) is 11.3. The average molecular weight is 277 g/mol. The lowest BCUT2D eigenvalue weighted by atomic mass is 10.1. The van der Waals surface area contributed by atoms with Crippen LogP contribution in [0.1, 0.15) is 15.9 Å². The van der Waals surface area contributed by atoms with Crippen molar-refractivity contribution in [3.05, 3.63) is 71.8 Å². The summed E-state index contributed by atoms with van der Waals surface area (Å²) in [5, 5.41) is 14.7. The van der Waals surface area contributed by atoms with Gasteiger partial charge in [-0.1, -0.05) is 42.5 Å². The predicted octanol–water partition coefficient (Wildman–Crippen LogP) is 4.59. The topological polar surface area (TPSA) is 49.3 Å². The number of rotatable bonds is 3. The molecule has 3 aromatic rings. The molecule has 0 aliphatic rings. The molecule has 3 aromatic carbocycles. The molecule has 104 valence electrons. The van der Waals surface area contributed by atoms with Crippen LogP contribution in [0.5, 0.6) is 0 Å². The van der Waals surface area contributed by atoms with Gasteiger partial charge in [-0.25, -0.2) is 4.79 Å². The molecule has 0 aliphatic carbocycles. The Labute approximate surface area is 122 Å². The Morgan fingerprint density at radius 3 is 2.52 bits per heavy atom. The predicted molar refractivity (Wildman–Crippen MR) is 85.4 cm³/mol. The highest BCUT2D eigenvalue weighted by molar-refractivity contribution is 5.99. The lowest BCUT2D eigenvalue weighted by Gasteiger charge is -2.13. The molecule has 0 spiro atoms. The Kier molecular flexibility index (Phi) is 3.32. The van der Waals surface area contributed by atoms with Gasteiger partial charge in [0.05, 0.1) is 11.3 Å². The van der Waals surface area contributed by atoms with Crippen LogP contribution in [0.2, 0.25) is 0 Å². The van der Waals surface area contributed by atoms with Crippen molar-refractivity contribution in [3.63, 3.8) is 0 Å². The smallest absolute Gasteiger partial charge is 0.337 e. The third-order valence-electron chi connectivity index (χ3n) is 3.46. The zero-order valence-electron chi connectivity index (χ0n) is 11.6. The van der Waals surface area contributed by atoms with E-state index in [-0.39, 0.29) is 5.56 Å². The second-order valence-electron chi connectivity index (χ2n) is 5.01. The van der Waals surface area contributed by atoms with Crippen molar-refractivity contribution in [2.75, 3.05) is 5.32 Å². The van der Waals surface area contributed by atoms with Crippen LogP contribution in [-0.2, 0) is 0 Å². The number of hydrogen-bond acceptors (Lipinski definition) is 2. The monoisotopic (exact) mass is 277 g/mol. The van der Waals surface area contributed by atoms with Gasteiger partial charge < -0.3 is 10.4 Å². The molecular weight excluding hydrogens is 262 g/mol. The second kappa shape index (κ2) is 5.29. The van der Waals surface area contributed by atoms with E-state index in [1.807, 2.05) is 55.5 Å². The summed E-state index contributed by atoms with van der Waals surface area (Å²) in [6.45, 7) is 1.94. The average Bonchev–Trinajstić information content (AvgIpc) is 2.47. The van der Waals surface area contributed by atoms with Crippen LogP contribution in [0.25, 0.3) is 10.8 Å². The van der Waals surface area contributed by atoms with Crippen LogP contribution in [0.3, 0.4) is 0 Å². The van der Waals surface area contributed by atoms with E-state index in [2.05, 4.69) is 5.32 Å². The van der Waals surface area contributed by atoms with Gasteiger partial charge in [-0.2, -0.15) is 0 Å². The molecule has 0 saturated carbocycles. The molecule has 2 N–H and O–H groups in total. The molecule has 0 atom stereocenters. The van der Waals surface area contributed by atoms with Crippen molar-refractivity contribution in [1.82, 2.24) is 0 Å². The number of fused-ring (bicyclic) bond motifs is 1. The van der Waals surface area contributed by atoms with Gasteiger partial charge in [-0.3, -0.25) is 0 Å². The summed E-state index contributed by atoms with van der Waals surface area (Å²) in [5.74, 6) is -0.933. The number of carbonyl (C=O) groups is 1. The molecule has 3 nitrogen and oxygen atoms in total. The van der Waals surface area contributed by atoms with Gasteiger partial charge in [0.2, 0.25) is 0 Å². The molecule has 0 unspecified atom stereocenters. The van der Waals surface area contributed by atoms with Crippen molar-refractivity contribution in [3.8, 4) is 0 Å². The molecule has 21 heavy (non-hydrogen) atoms. The number of carboxylic acids is 1. The van der Waals surface area contributed by atoms with Gasteiger partial charge in [0, 0.05) is 11.1 Å². The van der Waals surface area contributed by atoms with Gasteiger partial charge in [-0.15, -0.1) is 0 Å². The van der Waals surface area contributed by atoms with Crippen LogP contribution in [-0.4, -0.2) is 11.1 Å². The maximum Gasteiger partial charge on any atom is 0.337 e. The molecule has 0 aliphatic heterocycles. The third kappa shape index (κ3) is 2.58. The van der Waals surface area contributed by atoms with E-state index in [0.717, 1.165) is 22.0 Å². The Balaban J connectivity index is 2.11. The Morgan fingerprint density at radius 2 is 1.71 bits per heavy atom. The quantitative estimate of drug-likeness (QED) is 0.736. The van der Waals surface area contributed by atoms with Gasteiger partial charge in [0.15, 0.2) is 0 Å². The van der Waals surface area contributed by atoms with Gasteiger partial charge >= 0.3 is 5.97 Å². The molecule has 3 heteroatoms. The summed E-state index contributed by atoms with van der Waals surface area (Å²) in [5.41, 5.74) is 2.80. The summed E-state index contributed by atoms with van der Waals surface area (Å²) in [7, 11) is 0. The summed E-state index contributed by atoms with van der Waals surface area (Å²) >= 11 is 0. The number of benzene rings is 3. The molecule has 0 heterocycles.